The van der Waals surface area contributed by atoms with Gasteiger partial charge in [0.25, 0.3) is 5.91 Å². The summed E-state index contributed by atoms with van der Waals surface area (Å²) < 4.78 is 0. The van der Waals surface area contributed by atoms with Gasteiger partial charge in [-0.15, -0.1) is 0 Å². The molecule has 6 nitrogen and oxygen atoms in total. The van der Waals surface area contributed by atoms with Gasteiger partial charge in [0.2, 0.25) is 0 Å². The summed E-state index contributed by atoms with van der Waals surface area (Å²) in [5, 5.41) is 12.0. The van der Waals surface area contributed by atoms with E-state index in [1.54, 1.807) is 24.4 Å². The second kappa shape index (κ2) is 9.58. The molecule has 188 valence electrons. The van der Waals surface area contributed by atoms with Crippen LogP contribution >= 0.6 is 0 Å². The standard InChI is InChI=1S/C31H32N4O2/c32-26-13-12-23(31(37)35-30(20-8-9-20)27-3-1-2-14-34-27)17-25(26)29(33)19-6-4-18(5-7-19)28-21-10-11-22(28)16-24(36)15-21/h1-7,12-14,17,20-22,28,30,33H,8-11,15-16,32H2,(H,35,37). The van der Waals surface area contributed by atoms with E-state index < -0.39 is 0 Å². The summed E-state index contributed by atoms with van der Waals surface area (Å²) in [7, 11) is 0. The van der Waals surface area contributed by atoms with Crippen molar-refractivity contribution in [3.05, 3.63) is 94.8 Å². The second-order valence-corrected chi connectivity index (χ2v) is 10.9. The van der Waals surface area contributed by atoms with Crippen LogP contribution in [0.2, 0.25) is 0 Å². The fraction of sp³-hybridized carbons (Fsp3) is 0.355. The number of rotatable bonds is 7. The number of benzene rings is 2. The van der Waals surface area contributed by atoms with Crippen LogP contribution in [-0.4, -0.2) is 22.4 Å². The maximum absolute atomic E-state index is 13.2. The number of aromatic nitrogens is 1. The van der Waals surface area contributed by atoms with E-state index in [0.29, 0.717) is 64.8 Å². The maximum atomic E-state index is 13.2. The minimum absolute atomic E-state index is 0.118. The molecule has 2 aromatic carbocycles. The van der Waals surface area contributed by atoms with Crippen molar-refractivity contribution in [3.63, 3.8) is 0 Å². The fourth-order valence-electron chi connectivity index (χ4n) is 6.43. The molecule has 6 rings (SSSR count). The molecule has 3 aliphatic rings. The van der Waals surface area contributed by atoms with Gasteiger partial charge in [0, 0.05) is 41.4 Å². The number of carbonyl (C=O) groups excluding carboxylic acids is 2. The van der Waals surface area contributed by atoms with Crippen molar-refractivity contribution in [1.82, 2.24) is 10.3 Å². The van der Waals surface area contributed by atoms with Crippen LogP contribution in [0.1, 0.15) is 83.2 Å². The van der Waals surface area contributed by atoms with Crippen LogP contribution in [0.4, 0.5) is 5.69 Å². The van der Waals surface area contributed by atoms with Gasteiger partial charge in [-0.3, -0.25) is 20.0 Å². The van der Waals surface area contributed by atoms with Crippen LogP contribution in [0.3, 0.4) is 0 Å². The van der Waals surface area contributed by atoms with E-state index in [4.69, 9.17) is 11.1 Å². The van der Waals surface area contributed by atoms with Crippen LogP contribution < -0.4 is 11.1 Å². The Bertz CT molecular complexity index is 1330. The molecule has 3 fully saturated rings. The highest BCUT2D eigenvalue weighted by molar-refractivity contribution is 6.14. The van der Waals surface area contributed by atoms with Gasteiger partial charge in [-0.1, -0.05) is 30.3 Å². The Morgan fingerprint density at radius 2 is 1.65 bits per heavy atom. The molecule has 3 saturated carbocycles. The predicted octanol–water partition coefficient (Wildman–Crippen LogP) is 5.43. The lowest BCUT2D eigenvalue weighted by Gasteiger charge is -2.29. The van der Waals surface area contributed by atoms with Crippen LogP contribution in [0, 0.1) is 23.2 Å². The van der Waals surface area contributed by atoms with Crippen molar-refractivity contribution in [3.8, 4) is 0 Å². The third-order valence-corrected chi connectivity index (χ3v) is 8.46. The Kier molecular flexibility index (Phi) is 6.11. The quantitative estimate of drug-likeness (QED) is 0.302. The summed E-state index contributed by atoms with van der Waals surface area (Å²) in [6.45, 7) is 0. The molecule has 3 aliphatic carbocycles. The number of nitrogen functional groups attached to an aromatic ring is 1. The Labute approximate surface area is 217 Å². The molecular weight excluding hydrogens is 460 g/mol. The van der Waals surface area contributed by atoms with E-state index in [1.165, 1.54) is 5.56 Å². The molecule has 6 heteroatoms. The van der Waals surface area contributed by atoms with Crippen molar-refractivity contribution in [2.24, 2.45) is 17.8 Å². The van der Waals surface area contributed by atoms with E-state index in [-0.39, 0.29) is 11.9 Å². The molecule has 2 bridgehead atoms. The van der Waals surface area contributed by atoms with Crippen molar-refractivity contribution < 1.29 is 9.59 Å². The third-order valence-electron chi connectivity index (χ3n) is 8.46. The van der Waals surface area contributed by atoms with Gasteiger partial charge < -0.3 is 11.1 Å². The van der Waals surface area contributed by atoms with Gasteiger partial charge in [-0.2, -0.15) is 0 Å². The lowest BCUT2D eigenvalue weighted by molar-refractivity contribution is -0.122. The monoisotopic (exact) mass is 492 g/mol. The largest absolute Gasteiger partial charge is 0.398 e. The molecule has 4 N–H and O–H groups in total. The summed E-state index contributed by atoms with van der Waals surface area (Å²) in [6.07, 6.45) is 7.57. The SMILES string of the molecule is N=C(c1ccc(C2C3CCC2CC(=O)C3)cc1)c1cc(C(=O)NC(c2ccccn2)C2CC2)ccc1N. The number of ketones is 1. The number of anilines is 1. The lowest BCUT2D eigenvalue weighted by atomic mass is 9.74. The first-order valence-electron chi connectivity index (χ1n) is 13.3. The van der Waals surface area contributed by atoms with Crippen LogP contribution in [-0.2, 0) is 4.79 Å². The molecule has 0 saturated heterocycles. The number of nitrogens with zero attached hydrogens (tertiary/aromatic N) is 1. The highest BCUT2D eigenvalue weighted by Gasteiger charge is 2.42. The molecule has 1 amide bonds. The first-order valence-corrected chi connectivity index (χ1v) is 13.3. The van der Waals surface area contributed by atoms with Gasteiger partial charge in [0.05, 0.1) is 17.4 Å². The summed E-state index contributed by atoms with van der Waals surface area (Å²) in [4.78, 5) is 29.7. The minimum Gasteiger partial charge on any atom is -0.398 e. The zero-order valence-electron chi connectivity index (χ0n) is 20.8. The van der Waals surface area contributed by atoms with Gasteiger partial charge in [0.1, 0.15) is 5.78 Å². The topological polar surface area (TPSA) is 109 Å². The Hall–Kier alpha value is -3.80. The number of nitrogens with one attached hydrogen (secondary N) is 2. The number of Topliss-reactive ketones (excluding diaryl/α,β-unsaturated/α-hetero) is 1. The number of hydrogen-bond donors (Lipinski definition) is 3. The van der Waals surface area contributed by atoms with Crippen LogP contribution in [0.5, 0.6) is 0 Å². The predicted molar refractivity (Wildman–Crippen MR) is 144 cm³/mol. The number of carbonyl (C=O) groups is 2. The summed E-state index contributed by atoms with van der Waals surface area (Å²) in [6, 6.07) is 19.0. The molecule has 3 aromatic rings. The van der Waals surface area contributed by atoms with Gasteiger partial charge >= 0.3 is 0 Å². The Balaban J connectivity index is 1.20. The molecule has 1 aromatic heterocycles. The van der Waals surface area contributed by atoms with Crippen molar-refractivity contribution in [1.29, 1.82) is 5.41 Å². The summed E-state index contributed by atoms with van der Waals surface area (Å²) in [5.74, 6) is 1.97. The molecule has 0 aliphatic heterocycles. The van der Waals surface area contributed by atoms with E-state index in [9.17, 15) is 9.59 Å². The number of amides is 1. The first-order chi connectivity index (χ1) is 18.0. The smallest absolute Gasteiger partial charge is 0.251 e. The summed E-state index contributed by atoms with van der Waals surface area (Å²) in [5.41, 5.74) is 11.0. The average Bonchev–Trinajstić information content (AvgIpc) is 3.72. The second-order valence-electron chi connectivity index (χ2n) is 10.9. The van der Waals surface area contributed by atoms with E-state index in [2.05, 4.69) is 22.4 Å². The van der Waals surface area contributed by atoms with E-state index >= 15 is 0 Å². The highest BCUT2D eigenvalue weighted by Crippen LogP contribution is 2.51. The van der Waals surface area contributed by atoms with Gasteiger partial charge in [0.15, 0.2) is 0 Å². The molecule has 3 atom stereocenters. The minimum atomic E-state index is -0.186. The van der Waals surface area contributed by atoms with Crippen LogP contribution in [0.15, 0.2) is 66.9 Å². The third kappa shape index (κ3) is 4.68. The van der Waals surface area contributed by atoms with Gasteiger partial charge in [-0.05, 0) is 85.3 Å². The molecule has 1 heterocycles. The molecule has 3 unspecified atom stereocenters. The summed E-state index contributed by atoms with van der Waals surface area (Å²) >= 11 is 0. The lowest BCUT2D eigenvalue weighted by Crippen LogP contribution is -2.30. The Morgan fingerprint density at radius 3 is 2.30 bits per heavy atom. The van der Waals surface area contributed by atoms with E-state index in [0.717, 1.165) is 36.9 Å². The number of fused-ring (bicyclic) bond motifs is 2. The zero-order valence-corrected chi connectivity index (χ0v) is 20.8. The molecule has 0 spiro atoms. The van der Waals surface area contributed by atoms with E-state index in [1.807, 2.05) is 30.3 Å². The van der Waals surface area contributed by atoms with Crippen molar-refractivity contribution in [2.75, 3.05) is 5.73 Å². The average molecular weight is 493 g/mol. The zero-order chi connectivity index (χ0) is 25.5. The first kappa shape index (κ1) is 23.6. The number of hydrogen-bond acceptors (Lipinski definition) is 5. The highest BCUT2D eigenvalue weighted by atomic mass is 16.1. The normalized spacial score (nSPS) is 23.5. The molecule has 37 heavy (non-hydrogen) atoms. The van der Waals surface area contributed by atoms with Gasteiger partial charge in [-0.25, -0.2) is 0 Å². The number of pyridine rings is 1. The molecule has 0 radical (unpaired) electrons. The molecular formula is C31H32N4O2. The van der Waals surface area contributed by atoms with Crippen LogP contribution in [0.25, 0.3) is 0 Å². The van der Waals surface area contributed by atoms with Crippen molar-refractivity contribution in [2.45, 2.75) is 50.5 Å². The maximum Gasteiger partial charge on any atom is 0.251 e. The van der Waals surface area contributed by atoms with Crippen molar-refractivity contribution >= 4 is 23.1 Å². The Morgan fingerprint density at radius 1 is 0.946 bits per heavy atom. The number of nitrogens with two attached hydrogens (primary N) is 1. The fourth-order valence-corrected chi connectivity index (χ4v) is 6.43.